The highest BCUT2D eigenvalue weighted by Crippen LogP contribution is 2.42. The van der Waals surface area contributed by atoms with E-state index >= 15 is 0 Å². The summed E-state index contributed by atoms with van der Waals surface area (Å²) in [6.45, 7) is 5.15. The number of rotatable bonds is 8. The Morgan fingerprint density at radius 3 is 2.67 bits per heavy atom. The molecule has 8 nitrogen and oxygen atoms in total. The Morgan fingerprint density at radius 2 is 1.79 bits per heavy atom. The molecule has 3 aliphatic rings. The van der Waals surface area contributed by atoms with E-state index in [9.17, 15) is 12.8 Å². The van der Waals surface area contributed by atoms with Crippen molar-refractivity contribution in [3.05, 3.63) is 84.2 Å². The summed E-state index contributed by atoms with van der Waals surface area (Å²) in [6.07, 6.45) is 9.95. The molecule has 0 saturated carbocycles. The molecule has 2 aromatic carbocycles. The van der Waals surface area contributed by atoms with Crippen LogP contribution in [-0.2, 0) is 23.0 Å². The number of hydrogen-bond acceptors (Lipinski definition) is 7. The Morgan fingerprint density at radius 1 is 0.952 bits per heavy atom. The molecule has 2 aromatic heterocycles. The Balaban J connectivity index is 1.13. The van der Waals surface area contributed by atoms with Crippen LogP contribution in [0.5, 0.6) is 0 Å². The molecule has 0 radical (unpaired) electrons. The smallest absolute Gasteiger partial charge is 0.254 e. The molecule has 0 aliphatic carbocycles. The lowest BCUT2D eigenvalue weighted by Crippen LogP contribution is -2.50. The van der Waals surface area contributed by atoms with Crippen LogP contribution in [0.25, 0.3) is 11.3 Å². The molecule has 4 aromatic rings. The van der Waals surface area contributed by atoms with E-state index in [1.165, 1.54) is 42.9 Å². The highest BCUT2D eigenvalue weighted by atomic mass is 32.2. The quantitative estimate of drug-likeness (QED) is 0.275. The summed E-state index contributed by atoms with van der Waals surface area (Å²) in [6, 6.07) is 14.9. The summed E-state index contributed by atoms with van der Waals surface area (Å²) in [5.74, 6) is -0.242. The lowest BCUT2D eigenvalue weighted by Gasteiger charge is -2.37. The minimum absolute atomic E-state index is 0.242. The summed E-state index contributed by atoms with van der Waals surface area (Å²) in [4.78, 5) is 13.8. The number of aryl methyl sites for hydroxylation is 2. The SMILES string of the molecule is O=S(=O)(c1cnc(N2CCN3CCCC3C2)s1)N1CCCC1c1ccccc1-c1cncn1CCc1ccc(F)cc1. The first-order chi connectivity index (χ1) is 20.5. The summed E-state index contributed by atoms with van der Waals surface area (Å²) in [7, 11) is -3.72. The van der Waals surface area contributed by atoms with E-state index in [4.69, 9.17) is 0 Å². The predicted molar refractivity (Wildman–Crippen MR) is 163 cm³/mol. The van der Waals surface area contributed by atoms with Crippen molar-refractivity contribution >= 4 is 26.5 Å². The minimum atomic E-state index is -3.72. The maximum atomic E-state index is 14.1. The Bertz CT molecular complexity index is 1650. The van der Waals surface area contributed by atoms with Gasteiger partial charge in [0.05, 0.1) is 30.5 Å². The molecular weight excluding hydrogens is 572 g/mol. The molecule has 220 valence electrons. The van der Waals surface area contributed by atoms with Crippen molar-refractivity contribution in [3.8, 4) is 11.3 Å². The van der Waals surface area contributed by atoms with Gasteiger partial charge in [0.15, 0.2) is 9.34 Å². The third-order valence-corrected chi connectivity index (χ3v) is 12.4. The predicted octanol–water partition coefficient (Wildman–Crippen LogP) is 5.20. The number of sulfonamides is 1. The number of aromatic nitrogens is 3. The minimum Gasteiger partial charge on any atom is -0.345 e. The average molecular weight is 607 g/mol. The molecule has 42 heavy (non-hydrogen) atoms. The Labute approximate surface area is 250 Å². The maximum absolute atomic E-state index is 14.1. The number of halogens is 1. The van der Waals surface area contributed by atoms with Gasteiger partial charge < -0.3 is 9.47 Å². The number of imidazole rings is 1. The van der Waals surface area contributed by atoms with Crippen LogP contribution in [0.4, 0.5) is 9.52 Å². The molecule has 5 heterocycles. The van der Waals surface area contributed by atoms with Gasteiger partial charge in [-0.2, -0.15) is 4.31 Å². The highest BCUT2D eigenvalue weighted by Gasteiger charge is 2.39. The maximum Gasteiger partial charge on any atom is 0.254 e. The van der Waals surface area contributed by atoms with Crippen LogP contribution in [0, 0.1) is 5.82 Å². The highest BCUT2D eigenvalue weighted by molar-refractivity contribution is 7.91. The van der Waals surface area contributed by atoms with Gasteiger partial charge in [0, 0.05) is 44.3 Å². The molecular formula is C31H35FN6O2S2. The van der Waals surface area contributed by atoms with Crippen LogP contribution in [-0.4, -0.2) is 70.9 Å². The zero-order valence-corrected chi connectivity index (χ0v) is 25.1. The molecule has 2 unspecified atom stereocenters. The van der Waals surface area contributed by atoms with Crippen LogP contribution in [0.2, 0.25) is 0 Å². The van der Waals surface area contributed by atoms with Crippen molar-refractivity contribution in [1.82, 2.24) is 23.7 Å². The monoisotopic (exact) mass is 606 g/mol. The third kappa shape index (κ3) is 5.27. The molecule has 3 saturated heterocycles. The zero-order chi connectivity index (χ0) is 28.7. The van der Waals surface area contributed by atoms with Crippen LogP contribution < -0.4 is 4.90 Å². The first-order valence-electron chi connectivity index (χ1n) is 14.8. The van der Waals surface area contributed by atoms with Gasteiger partial charge in [-0.15, -0.1) is 0 Å². The van der Waals surface area contributed by atoms with Gasteiger partial charge >= 0.3 is 0 Å². The molecule has 3 aliphatic heterocycles. The first kappa shape index (κ1) is 27.7. The number of anilines is 1. The lowest BCUT2D eigenvalue weighted by molar-refractivity contribution is 0.231. The normalized spacial score (nSPS) is 21.7. The van der Waals surface area contributed by atoms with Crippen LogP contribution in [0.1, 0.15) is 42.9 Å². The zero-order valence-electron chi connectivity index (χ0n) is 23.5. The van der Waals surface area contributed by atoms with E-state index in [0.717, 1.165) is 66.4 Å². The van der Waals surface area contributed by atoms with Gasteiger partial charge in [0.2, 0.25) is 0 Å². The van der Waals surface area contributed by atoms with Crippen LogP contribution in [0.3, 0.4) is 0 Å². The fraction of sp³-hybridized carbons (Fsp3) is 0.419. The molecule has 0 amide bonds. The van der Waals surface area contributed by atoms with Gasteiger partial charge in [-0.3, -0.25) is 4.90 Å². The molecule has 0 N–H and O–H groups in total. The van der Waals surface area contributed by atoms with Gasteiger partial charge in [-0.25, -0.2) is 22.8 Å². The standard InChI is InChI=1S/C31H35FN6O2S2/c32-24-11-9-23(10-12-24)13-16-37-22-33-19-29(37)27-7-2-1-6-26(27)28-8-4-15-38(28)42(39,40)30-20-34-31(41-30)36-18-17-35-14-3-5-25(35)21-36/h1-2,6-7,9-12,19-20,22,25,28H,3-5,8,13-18,21H2. The number of fused-ring (bicyclic) bond motifs is 1. The molecule has 11 heteroatoms. The van der Waals surface area contributed by atoms with Crippen molar-refractivity contribution < 1.29 is 12.8 Å². The van der Waals surface area contributed by atoms with Gasteiger partial charge in [0.25, 0.3) is 10.0 Å². The second-order valence-electron chi connectivity index (χ2n) is 11.4. The molecule has 0 bridgehead atoms. The van der Waals surface area contributed by atoms with Gasteiger partial charge in [0.1, 0.15) is 5.82 Å². The van der Waals surface area contributed by atoms with E-state index in [-0.39, 0.29) is 11.9 Å². The van der Waals surface area contributed by atoms with E-state index in [2.05, 4.69) is 30.4 Å². The number of thiazole rings is 1. The second kappa shape index (κ2) is 11.5. The number of benzene rings is 2. The molecule has 7 rings (SSSR count). The Kier molecular flexibility index (Phi) is 7.60. The number of hydrogen-bond donors (Lipinski definition) is 0. The summed E-state index contributed by atoms with van der Waals surface area (Å²) >= 11 is 1.30. The van der Waals surface area contributed by atoms with Crippen molar-refractivity contribution in [2.24, 2.45) is 0 Å². The summed E-state index contributed by atoms with van der Waals surface area (Å²) in [5, 5.41) is 0.807. The number of nitrogens with zero attached hydrogens (tertiary/aromatic N) is 6. The van der Waals surface area contributed by atoms with Crippen LogP contribution in [0.15, 0.2) is 71.5 Å². The third-order valence-electron chi connectivity index (χ3n) is 8.96. The van der Waals surface area contributed by atoms with Crippen LogP contribution >= 0.6 is 11.3 Å². The van der Waals surface area contributed by atoms with Gasteiger partial charge in [-0.05, 0) is 61.9 Å². The van der Waals surface area contributed by atoms with E-state index in [0.29, 0.717) is 23.3 Å². The second-order valence-corrected chi connectivity index (χ2v) is 14.6. The van der Waals surface area contributed by atoms with Gasteiger partial charge in [-0.1, -0.05) is 47.7 Å². The fourth-order valence-corrected chi connectivity index (χ4v) is 9.74. The fourth-order valence-electron chi connectivity index (χ4n) is 6.78. The van der Waals surface area contributed by atoms with Crippen molar-refractivity contribution in [2.45, 2.75) is 54.9 Å². The number of piperazine rings is 1. The lowest BCUT2D eigenvalue weighted by atomic mass is 9.97. The molecule has 2 atom stereocenters. The summed E-state index contributed by atoms with van der Waals surface area (Å²) < 4.78 is 45.6. The first-order valence-corrected chi connectivity index (χ1v) is 17.0. The topological polar surface area (TPSA) is 74.6 Å². The van der Waals surface area contributed by atoms with E-state index < -0.39 is 10.0 Å². The van der Waals surface area contributed by atoms with Crippen molar-refractivity contribution in [3.63, 3.8) is 0 Å². The largest absolute Gasteiger partial charge is 0.345 e. The van der Waals surface area contributed by atoms with Crippen molar-refractivity contribution in [2.75, 3.05) is 37.6 Å². The van der Waals surface area contributed by atoms with Crippen molar-refractivity contribution in [1.29, 1.82) is 0 Å². The Hall–Kier alpha value is -3.12. The van der Waals surface area contributed by atoms with E-state index in [1.807, 2.05) is 30.7 Å². The summed E-state index contributed by atoms with van der Waals surface area (Å²) in [5.41, 5.74) is 3.97. The average Bonchev–Trinajstić information content (AvgIpc) is 3.83. The van der Waals surface area contributed by atoms with E-state index in [1.54, 1.807) is 22.6 Å². The molecule has 0 spiro atoms. The molecule has 3 fully saturated rings.